The van der Waals surface area contributed by atoms with Gasteiger partial charge in [-0.2, -0.15) is 13.2 Å². The summed E-state index contributed by atoms with van der Waals surface area (Å²) >= 11 is 0. The van der Waals surface area contributed by atoms with Crippen molar-refractivity contribution >= 4 is 17.7 Å². The maximum absolute atomic E-state index is 13.3. The molecule has 0 saturated carbocycles. The molecule has 2 rings (SSSR count). The summed E-state index contributed by atoms with van der Waals surface area (Å²) < 4.78 is 46.3. The standard InChI is InChI=1S/C17H18F3N3O2/c1-4-25-15(24)6-5-12-7-13(23-9-10(2)22-11(23)3)8-14(16(12)21)17(18,19)20/h5-9H,4,21H2,1-3H3. The van der Waals surface area contributed by atoms with Gasteiger partial charge in [0, 0.05) is 23.5 Å². The number of imidazole rings is 1. The molecule has 2 aromatic rings. The predicted octanol–water partition coefficient (Wildman–Crippen LogP) is 3.67. The quantitative estimate of drug-likeness (QED) is 0.517. The minimum Gasteiger partial charge on any atom is -0.463 e. The highest BCUT2D eigenvalue weighted by molar-refractivity contribution is 5.88. The van der Waals surface area contributed by atoms with Gasteiger partial charge in [0.25, 0.3) is 0 Å². The molecule has 0 aliphatic carbocycles. The van der Waals surface area contributed by atoms with E-state index in [4.69, 9.17) is 10.5 Å². The summed E-state index contributed by atoms with van der Waals surface area (Å²) in [6.07, 6.45) is -0.744. The first kappa shape index (κ1) is 18.6. The van der Waals surface area contributed by atoms with Crippen LogP contribution in [0.3, 0.4) is 0 Å². The highest BCUT2D eigenvalue weighted by Crippen LogP contribution is 2.37. The monoisotopic (exact) mass is 353 g/mol. The molecule has 5 nitrogen and oxygen atoms in total. The van der Waals surface area contributed by atoms with Crippen LogP contribution in [0.25, 0.3) is 11.8 Å². The Bertz CT molecular complexity index is 823. The Kier molecular flexibility index (Phi) is 5.20. The third-order valence-electron chi connectivity index (χ3n) is 3.47. The lowest BCUT2D eigenvalue weighted by Crippen LogP contribution is -2.12. The van der Waals surface area contributed by atoms with Crippen molar-refractivity contribution in [3.05, 3.63) is 47.1 Å². The van der Waals surface area contributed by atoms with Crippen molar-refractivity contribution in [2.45, 2.75) is 26.9 Å². The average molecular weight is 353 g/mol. The minimum absolute atomic E-state index is 0.0728. The Labute approximate surface area is 142 Å². The van der Waals surface area contributed by atoms with E-state index in [0.717, 1.165) is 12.1 Å². The molecule has 0 radical (unpaired) electrons. The fraction of sp³-hybridized carbons (Fsp3) is 0.294. The molecule has 0 bridgehead atoms. The number of carbonyl (C=O) groups is 1. The Morgan fingerprint density at radius 2 is 2.04 bits per heavy atom. The van der Waals surface area contributed by atoms with E-state index in [2.05, 4.69) is 4.98 Å². The molecule has 25 heavy (non-hydrogen) atoms. The molecule has 0 aliphatic rings. The lowest BCUT2D eigenvalue weighted by atomic mass is 10.0. The maximum Gasteiger partial charge on any atom is 0.418 e. The number of esters is 1. The number of hydrogen-bond donors (Lipinski definition) is 1. The summed E-state index contributed by atoms with van der Waals surface area (Å²) in [5, 5.41) is 0. The SMILES string of the molecule is CCOC(=O)C=Cc1cc(-n2cc(C)nc2C)cc(C(F)(F)F)c1N. The second-order valence-electron chi connectivity index (χ2n) is 5.38. The van der Waals surface area contributed by atoms with Crippen LogP contribution in [0, 0.1) is 13.8 Å². The first-order chi connectivity index (χ1) is 11.6. The second kappa shape index (κ2) is 7.00. The first-order valence-corrected chi connectivity index (χ1v) is 7.52. The van der Waals surface area contributed by atoms with Crippen LogP contribution in [0.4, 0.5) is 18.9 Å². The third-order valence-corrected chi connectivity index (χ3v) is 3.47. The van der Waals surface area contributed by atoms with E-state index in [1.54, 1.807) is 27.0 Å². The number of nitrogens with zero attached hydrogens (tertiary/aromatic N) is 2. The normalized spacial score (nSPS) is 11.9. The fourth-order valence-electron chi connectivity index (χ4n) is 2.40. The van der Waals surface area contributed by atoms with Gasteiger partial charge in [-0.25, -0.2) is 9.78 Å². The van der Waals surface area contributed by atoms with Crippen LogP contribution in [0.2, 0.25) is 0 Å². The number of halogens is 3. The summed E-state index contributed by atoms with van der Waals surface area (Å²) in [6.45, 7) is 5.23. The Morgan fingerprint density at radius 1 is 1.36 bits per heavy atom. The van der Waals surface area contributed by atoms with Crippen molar-refractivity contribution < 1.29 is 22.7 Å². The zero-order valence-electron chi connectivity index (χ0n) is 14.0. The topological polar surface area (TPSA) is 70.1 Å². The van der Waals surface area contributed by atoms with Gasteiger partial charge in [0.2, 0.25) is 0 Å². The van der Waals surface area contributed by atoms with Gasteiger partial charge < -0.3 is 15.0 Å². The number of rotatable bonds is 4. The van der Waals surface area contributed by atoms with Crippen molar-refractivity contribution in [3.8, 4) is 5.69 Å². The van der Waals surface area contributed by atoms with Crippen molar-refractivity contribution in [2.24, 2.45) is 0 Å². The lowest BCUT2D eigenvalue weighted by molar-refractivity contribution is -0.137. The molecule has 0 atom stereocenters. The molecule has 0 amide bonds. The molecule has 0 spiro atoms. The van der Waals surface area contributed by atoms with Gasteiger partial charge in [-0.3, -0.25) is 0 Å². The van der Waals surface area contributed by atoms with E-state index in [1.807, 2.05) is 0 Å². The third kappa shape index (κ3) is 4.20. The van der Waals surface area contributed by atoms with Gasteiger partial charge in [-0.15, -0.1) is 0 Å². The fourth-order valence-corrected chi connectivity index (χ4v) is 2.40. The number of benzene rings is 1. The smallest absolute Gasteiger partial charge is 0.418 e. The Balaban J connectivity index is 2.60. The van der Waals surface area contributed by atoms with Gasteiger partial charge in [-0.05, 0) is 39.0 Å². The molecular formula is C17H18F3N3O2. The van der Waals surface area contributed by atoms with E-state index >= 15 is 0 Å². The van der Waals surface area contributed by atoms with E-state index < -0.39 is 23.4 Å². The lowest BCUT2D eigenvalue weighted by Gasteiger charge is -2.16. The largest absolute Gasteiger partial charge is 0.463 e. The summed E-state index contributed by atoms with van der Waals surface area (Å²) in [4.78, 5) is 15.6. The van der Waals surface area contributed by atoms with Crippen molar-refractivity contribution in [1.29, 1.82) is 0 Å². The van der Waals surface area contributed by atoms with Crippen LogP contribution >= 0.6 is 0 Å². The molecule has 2 N–H and O–H groups in total. The molecule has 1 heterocycles. The molecule has 134 valence electrons. The van der Waals surface area contributed by atoms with E-state index in [-0.39, 0.29) is 17.9 Å². The Morgan fingerprint density at radius 3 is 2.56 bits per heavy atom. The number of aromatic nitrogens is 2. The van der Waals surface area contributed by atoms with Gasteiger partial charge in [0.15, 0.2) is 0 Å². The van der Waals surface area contributed by atoms with Crippen molar-refractivity contribution in [1.82, 2.24) is 9.55 Å². The summed E-state index contributed by atoms with van der Waals surface area (Å²) in [5.41, 5.74) is 5.24. The number of nitrogens with two attached hydrogens (primary N) is 1. The molecule has 0 unspecified atom stereocenters. The summed E-state index contributed by atoms with van der Waals surface area (Å²) in [5.74, 6) is -0.119. The molecule has 0 fully saturated rings. The van der Waals surface area contributed by atoms with Crippen molar-refractivity contribution in [2.75, 3.05) is 12.3 Å². The molecular weight excluding hydrogens is 335 g/mol. The molecule has 0 saturated heterocycles. The van der Waals surface area contributed by atoms with E-state index in [0.29, 0.717) is 11.5 Å². The number of hydrogen-bond acceptors (Lipinski definition) is 4. The number of ether oxygens (including phenoxy) is 1. The van der Waals surface area contributed by atoms with Crippen LogP contribution in [0.1, 0.15) is 29.6 Å². The Hall–Kier alpha value is -2.77. The van der Waals surface area contributed by atoms with Crippen LogP contribution in [-0.2, 0) is 15.7 Å². The zero-order chi connectivity index (χ0) is 18.8. The van der Waals surface area contributed by atoms with Gasteiger partial charge in [-0.1, -0.05) is 0 Å². The second-order valence-corrected chi connectivity index (χ2v) is 5.38. The molecule has 1 aromatic heterocycles. The maximum atomic E-state index is 13.3. The summed E-state index contributed by atoms with van der Waals surface area (Å²) in [7, 11) is 0. The number of nitrogen functional groups attached to an aromatic ring is 1. The van der Waals surface area contributed by atoms with Gasteiger partial charge in [0.1, 0.15) is 5.82 Å². The van der Waals surface area contributed by atoms with Crippen LogP contribution < -0.4 is 5.73 Å². The highest BCUT2D eigenvalue weighted by atomic mass is 19.4. The minimum atomic E-state index is -4.63. The van der Waals surface area contributed by atoms with E-state index in [1.165, 1.54) is 16.7 Å². The molecule has 1 aromatic carbocycles. The molecule has 8 heteroatoms. The molecule has 0 aliphatic heterocycles. The number of alkyl halides is 3. The number of carbonyl (C=O) groups excluding carboxylic acids is 1. The number of aryl methyl sites for hydroxylation is 2. The van der Waals surface area contributed by atoms with Crippen molar-refractivity contribution in [3.63, 3.8) is 0 Å². The highest BCUT2D eigenvalue weighted by Gasteiger charge is 2.34. The van der Waals surface area contributed by atoms with Crippen LogP contribution in [-0.4, -0.2) is 22.1 Å². The van der Waals surface area contributed by atoms with Crippen LogP contribution in [0.5, 0.6) is 0 Å². The predicted molar refractivity (Wildman–Crippen MR) is 88.1 cm³/mol. The average Bonchev–Trinajstić information content (AvgIpc) is 2.84. The van der Waals surface area contributed by atoms with Gasteiger partial charge in [0.05, 0.1) is 23.6 Å². The zero-order valence-corrected chi connectivity index (χ0v) is 14.0. The first-order valence-electron chi connectivity index (χ1n) is 7.52. The summed E-state index contributed by atoms with van der Waals surface area (Å²) in [6, 6.07) is 2.43. The van der Waals surface area contributed by atoms with Gasteiger partial charge >= 0.3 is 12.1 Å². The van der Waals surface area contributed by atoms with E-state index in [9.17, 15) is 18.0 Å². The van der Waals surface area contributed by atoms with Crippen LogP contribution in [0.15, 0.2) is 24.4 Å². The number of anilines is 1.